The molecule has 1 atom stereocenters. The van der Waals surface area contributed by atoms with Crippen molar-refractivity contribution in [2.45, 2.75) is 44.6 Å². The largest absolute Gasteiger partial charge is 0.481 e. The number of rotatable bonds is 7. The lowest BCUT2D eigenvalue weighted by atomic mass is 9.92. The van der Waals surface area contributed by atoms with Gasteiger partial charge in [0, 0.05) is 19.6 Å². The van der Waals surface area contributed by atoms with Crippen LogP contribution in [0.15, 0.2) is 0 Å². The minimum Gasteiger partial charge on any atom is -0.481 e. The van der Waals surface area contributed by atoms with Crippen LogP contribution in [0.3, 0.4) is 0 Å². The third kappa shape index (κ3) is 6.01. The third-order valence-corrected chi connectivity index (χ3v) is 4.39. The van der Waals surface area contributed by atoms with Gasteiger partial charge in [-0.2, -0.15) is 0 Å². The molecule has 2 N–H and O–H groups in total. The summed E-state index contributed by atoms with van der Waals surface area (Å²) in [5.41, 5.74) is 0. The minimum absolute atomic E-state index is 0.0643. The van der Waals surface area contributed by atoms with Gasteiger partial charge in [0.25, 0.3) is 0 Å². The number of likely N-dealkylation sites (tertiary alicyclic amines) is 1. The minimum atomic E-state index is -0.717. The van der Waals surface area contributed by atoms with Crippen molar-refractivity contribution in [3.05, 3.63) is 0 Å². The van der Waals surface area contributed by atoms with E-state index >= 15 is 0 Å². The Morgan fingerprint density at radius 2 is 2.00 bits per heavy atom. The highest BCUT2D eigenvalue weighted by Crippen LogP contribution is 2.21. The first-order valence-electron chi connectivity index (χ1n) is 7.96. The lowest BCUT2D eigenvalue weighted by Gasteiger charge is -2.31. The summed E-state index contributed by atoms with van der Waals surface area (Å²) in [5.74, 6) is -0.160. The first kappa shape index (κ1) is 16.2. The topological polar surface area (TPSA) is 78.9 Å². The summed E-state index contributed by atoms with van der Waals surface area (Å²) >= 11 is 0. The van der Waals surface area contributed by atoms with Crippen molar-refractivity contribution in [3.63, 3.8) is 0 Å². The summed E-state index contributed by atoms with van der Waals surface area (Å²) < 4.78 is 5.48. The van der Waals surface area contributed by atoms with Gasteiger partial charge in [-0.3, -0.25) is 14.5 Å². The normalized spacial score (nSPS) is 24.1. The fraction of sp³-hybridized carbons (Fsp3) is 0.867. The molecule has 0 bridgehead atoms. The molecule has 6 nitrogen and oxygen atoms in total. The number of carbonyl (C=O) groups is 2. The van der Waals surface area contributed by atoms with E-state index in [0.717, 1.165) is 51.8 Å². The van der Waals surface area contributed by atoms with Crippen LogP contribution in [-0.2, 0) is 14.3 Å². The van der Waals surface area contributed by atoms with Crippen molar-refractivity contribution in [2.24, 2.45) is 5.92 Å². The van der Waals surface area contributed by atoms with Gasteiger partial charge in [0.15, 0.2) is 0 Å². The Morgan fingerprint density at radius 1 is 1.24 bits per heavy atom. The van der Waals surface area contributed by atoms with Crippen LogP contribution >= 0.6 is 0 Å². The van der Waals surface area contributed by atoms with E-state index in [0.29, 0.717) is 19.0 Å². The first-order valence-corrected chi connectivity index (χ1v) is 7.96. The molecule has 0 saturated carbocycles. The molecule has 6 heteroatoms. The molecule has 0 aromatic carbocycles. The Hall–Kier alpha value is -1.14. The van der Waals surface area contributed by atoms with Crippen LogP contribution in [0, 0.1) is 5.92 Å². The molecule has 120 valence electrons. The summed E-state index contributed by atoms with van der Waals surface area (Å²) in [4.78, 5) is 24.6. The highest BCUT2D eigenvalue weighted by molar-refractivity contribution is 5.78. The molecular weight excluding hydrogens is 272 g/mol. The molecule has 21 heavy (non-hydrogen) atoms. The molecule has 1 amide bonds. The van der Waals surface area contributed by atoms with E-state index in [1.54, 1.807) is 0 Å². The molecule has 0 aromatic rings. The van der Waals surface area contributed by atoms with Gasteiger partial charge in [-0.25, -0.2) is 0 Å². The summed E-state index contributed by atoms with van der Waals surface area (Å²) in [7, 11) is 0. The number of carboxylic acids is 1. The van der Waals surface area contributed by atoms with E-state index in [2.05, 4.69) is 10.2 Å². The number of ether oxygens (including phenoxy) is 1. The van der Waals surface area contributed by atoms with Crippen molar-refractivity contribution in [1.82, 2.24) is 10.2 Å². The first-order chi connectivity index (χ1) is 10.1. The Labute approximate surface area is 125 Å². The van der Waals surface area contributed by atoms with E-state index in [-0.39, 0.29) is 18.4 Å². The predicted molar refractivity (Wildman–Crippen MR) is 78.0 cm³/mol. The molecule has 2 aliphatic rings. The Kier molecular flexibility index (Phi) is 6.45. The molecule has 0 radical (unpaired) electrons. The van der Waals surface area contributed by atoms with Crippen LogP contribution in [-0.4, -0.2) is 60.8 Å². The second-order valence-corrected chi connectivity index (χ2v) is 6.09. The number of piperidine rings is 1. The van der Waals surface area contributed by atoms with E-state index in [9.17, 15) is 9.59 Å². The maximum Gasteiger partial charge on any atom is 0.303 e. The lowest BCUT2D eigenvalue weighted by Crippen LogP contribution is -2.43. The molecule has 2 aliphatic heterocycles. The smallest absolute Gasteiger partial charge is 0.303 e. The van der Waals surface area contributed by atoms with Gasteiger partial charge in [0.2, 0.25) is 5.91 Å². The van der Waals surface area contributed by atoms with E-state index < -0.39 is 5.97 Å². The molecule has 0 spiro atoms. The zero-order chi connectivity index (χ0) is 15.1. The quantitative estimate of drug-likeness (QED) is 0.729. The molecule has 2 fully saturated rings. The zero-order valence-corrected chi connectivity index (χ0v) is 12.6. The molecule has 0 aromatic heterocycles. The fourth-order valence-corrected chi connectivity index (χ4v) is 3.05. The average Bonchev–Trinajstić information content (AvgIpc) is 2.98. The predicted octanol–water partition coefficient (Wildman–Crippen LogP) is 0.858. The lowest BCUT2D eigenvalue weighted by molar-refractivity contribution is -0.137. The van der Waals surface area contributed by atoms with Crippen LogP contribution in [0.1, 0.15) is 38.5 Å². The molecule has 0 aliphatic carbocycles. The summed E-state index contributed by atoms with van der Waals surface area (Å²) in [5, 5.41) is 11.6. The molecule has 1 unspecified atom stereocenters. The van der Waals surface area contributed by atoms with Crippen molar-refractivity contribution in [1.29, 1.82) is 0 Å². The van der Waals surface area contributed by atoms with Crippen LogP contribution in [0.25, 0.3) is 0 Å². The van der Waals surface area contributed by atoms with Crippen molar-refractivity contribution in [2.75, 3.05) is 32.8 Å². The molecule has 2 heterocycles. The number of amides is 1. The number of carboxylic acid groups (broad SMARTS) is 1. The van der Waals surface area contributed by atoms with Gasteiger partial charge in [0.1, 0.15) is 0 Å². The van der Waals surface area contributed by atoms with Crippen molar-refractivity contribution in [3.8, 4) is 0 Å². The standard InChI is InChI=1S/C15H26N2O4/c18-14(16-10-13-2-1-9-21-13)11-17-7-5-12(6-8-17)3-4-15(19)20/h12-13H,1-11H2,(H,16,18)(H,19,20). The number of hydrogen-bond donors (Lipinski definition) is 2. The van der Waals surface area contributed by atoms with E-state index in [4.69, 9.17) is 9.84 Å². The summed E-state index contributed by atoms with van der Waals surface area (Å²) in [6.45, 7) is 3.64. The highest BCUT2D eigenvalue weighted by Gasteiger charge is 2.22. The van der Waals surface area contributed by atoms with E-state index in [1.807, 2.05) is 0 Å². The van der Waals surface area contributed by atoms with E-state index in [1.165, 1.54) is 0 Å². The summed E-state index contributed by atoms with van der Waals surface area (Å²) in [6, 6.07) is 0. The SMILES string of the molecule is O=C(O)CCC1CCN(CC(=O)NCC2CCCO2)CC1. The van der Waals surface area contributed by atoms with Gasteiger partial charge in [0.05, 0.1) is 12.6 Å². The van der Waals surface area contributed by atoms with Crippen LogP contribution < -0.4 is 5.32 Å². The zero-order valence-electron chi connectivity index (χ0n) is 12.6. The molecule has 2 saturated heterocycles. The van der Waals surface area contributed by atoms with Crippen LogP contribution in [0.4, 0.5) is 0 Å². The van der Waals surface area contributed by atoms with Gasteiger partial charge < -0.3 is 15.2 Å². The third-order valence-electron chi connectivity index (χ3n) is 4.39. The van der Waals surface area contributed by atoms with Gasteiger partial charge in [-0.1, -0.05) is 0 Å². The number of carbonyl (C=O) groups excluding carboxylic acids is 1. The molecule has 2 rings (SSSR count). The number of nitrogens with one attached hydrogen (secondary N) is 1. The van der Waals surface area contributed by atoms with Crippen LogP contribution in [0.2, 0.25) is 0 Å². The Bertz CT molecular complexity index is 348. The number of nitrogens with zero attached hydrogens (tertiary/aromatic N) is 1. The number of hydrogen-bond acceptors (Lipinski definition) is 4. The van der Waals surface area contributed by atoms with Crippen molar-refractivity contribution < 1.29 is 19.4 Å². The molecular formula is C15H26N2O4. The fourth-order valence-electron chi connectivity index (χ4n) is 3.05. The van der Waals surface area contributed by atoms with Crippen molar-refractivity contribution >= 4 is 11.9 Å². The average molecular weight is 298 g/mol. The van der Waals surface area contributed by atoms with Gasteiger partial charge in [-0.15, -0.1) is 0 Å². The summed E-state index contributed by atoms with van der Waals surface area (Å²) in [6.07, 6.45) is 5.31. The number of aliphatic carboxylic acids is 1. The Balaban J connectivity index is 1.57. The highest BCUT2D eigenvalue weighted by atomic mass is 16.5. The van der Waals surface area contributed by atoms with Gasteiger partial charge >= 0.3 is 5.97 Å². The van der Waals surface area contributed by atoms with Crippen LogP contribution in [0.5, 0.6) is 0 Å². The Morgan fingerprint density at radius 3 is 2.62 bits per heavy atom. The second kappa shape index (κ2) is 8.34. The van der Waals surface area contributed by atoms with Gasteiger partial charge in [-0.05, 0) is 51.1 Å². The maximum absolute atomic E-state index is 11.9. The maximum atomic E-state index is 11.9. The monoisotopic (exact) mass is 298 g/mol. The second-order valence-electron chi connectivity index (χ2n) is 6.09.